The fourth-order valence-corrected chi connectivity index (χ4v) is 0.262. The predicted molar refractivity (Wildman–Crippen MR) is 47.4 cm³/mol. The molecule has 3 nitrogen and oxygen atoms in total. The monoisotopic (exact) mass is 161 g/mol. The highest BCUT2D eigenvalue weighted by atomic mass is 16.1. The number of carbonyl (C=O) groups is 2. The van der Waals surface area contributed by atoms with E-state index in [9.17, 15) is 9.59 Å². The summed E-state index contributed by atoms with van der Waals surface area (Å²) in [6.45, 7) is 5.48. The number of carbonyl (C=O) groups excluding carboxylic acids is 2. The SMILES string of the molecule is CC.CC(=O)CCC=O.CN. The van der Waals surface area contributed by atoms with Crippen LogP contribution in [0, 0.1) is 0 Å². The van der Waals surface area contributed by atoms with Crippen LogP contribution in [0.4, 0.5) is 0 Å². The highest BCUT2D eigenvalue weighted by Crippen LogP contribution is 1.83. The Hall–Kier alpha value is -0.700. The fourth-order valence-electron chi connectivity index (χ4n) is 0.262. The van der Waals surface area contributed by atoms with Crippen LogP contribution in [-0.4, -0.2) is 19.1 Å². The van der Waals surface area contributed by atoms with Crippen LogP contribution in [0.15, 0.2) is 0 Å². The Balaban J connectivity index is -0.000000138. The molecule has 3 heteroatoms. The highest BCUT2D eigenvalue weighted by Gasteiger charge is 1.87. The van der Waals surface area contributed by atoms with Crippen molar-refractivity contribution >= 4 is 12.1 Å². The molecule has 0 radical (unpaired) electrons. The topological polar surface area (TPSA) is 60.2 Å². The molecular formula is C8H19NO2. The van der Waals surface area contributed by atoms with Gasteiger partial charge in [0, 0.05) is 12.8 Å². The van der Waals surface area contributed by atoms with Crippen molar-refractivity contribution in [3.05, 3.63) is 0 Å². The number of ketones is 1. The molecule has 0 bridgehead atoms. The van der Waals surface area contributed by atoms with E-state index >= 15 is 0 Å². The minimum absolute atomic E-state index is 0.0760. The van der Waals surface area contributed by atoms with E-state index in [-0.39, 0.29) is 5.78 Å². The van der Waals surface area contributed by atoms with Gasteiger partial charge in [-0.3, -0.25) is 0 Å². The normalized spacial score (nSPS) is 6.27. The van der Waals surface area contributed by atoms with Gasteiger partial charge in [-0.25, -0.2) is 0 Å². The maximum atomic E-state index is 10.0. The lowest BCUT2D eigenvalue weighted by Crippen LogP contribution is -1.88. The van der Waals surface area contributed by atoms with E-state index in [0.717, 1.165) is 6.29 Å². The Bertz CT molecular complexity index is 82.2. The first-order valence-corrected chi connectivity index (χ1v) is 3.78. The molecule has 0 heterocycles. The van der Waals surface area contributed by atoms with Gasteiger partial charge < -0.3 is 15.3 Å². The van der Waals surface area contributed by atoms with Crippen molar-refractivity contribution in [2.45, 2.75) is 33.6 Å². The largest absolute Gasteiger partial charge is 0.333 e. The Kier molecular flexibility index (Phi) is 34.7. The van der Waals surface area contributed by atoms with Gasteiger partial charge in [0.05, 0.1) is 0 Å². The van der Waals surface area contributed by atoms with E-state index in [1.807, 2.05) is 13.8 Å². The number of rotatable bonds is 3. The van der Waals surface area contributed by atoms with Crippen molar-refractivity contribution in [1.29, 1.82) is 0 Å². The molecule has 0 aliphatic heterocycles. The predicted octanol–water partition coefficient (Wildman–Crippen LogP) is 1.16. The third-order valence-corrected chi connectivity index (χ3v) is 0.614. The van der Waals surface area contributed by atoms with Crippen molar-refractivity contribution in [2.24, 2.45) is 5.73 Å². The van der Waals surface area contributed by atoms with Gasteiger partial charge in [0.15, 0.2) is 0 Å². The summed E-state index contributed by atoms with van der Waals surface area (Å²) in [4.78, 5) is 19.6. The molecule has 0 atom stereocenters. The Morgan fingerprint density at radius 2 is 1.73 bits per heavy atom. The summed E-state index contributed by atoms with van der Waals surface area (Å²) in [6, 6.07) is 0. The average molecular weight is 161 g/mol. The molecule has 2 N–H and O–H groups in total. The molecule has 0 aliphatic carbocycles. The Morgan fingerprint density at radius 1 is 1.36 bits per heavy atom. The van der Waals surface area contributed by atoms with Crippen molar-refractivity contribution in [3.63, 3.8) is 0 Å². The summed E-state index contributed by atoms with van der Waals surface area (Å²) in [5.41, 5.74) is 4.50. The molecule has 0 unspecified atom stereocenters. The third kappa shape index (κ3) is 45.5. The highest BCUT2D eigenvalue weighted by molar-refractivity contribution is 5.77. The third-order valence-electron chi connectivity index (χ3n) is 0.614. The summed E-state index contributed by atoms with van der Waals surface area (Å²) in [6.07, 6.45) is 1.51. The van der Waals surface area contributed by atoms with E-state index in [1.54, 1.807) is 0 Å². The molecule has 0 aromatic carbocycles. The van der Waals surface area contributed by atoms with E-state index in [1.165, 1.54) is 14.0 Å². The van der Waals surface area contributed by atoms with Crippen LogP contribution < -0.4 is 5.73 Å². The molecule has 0 amide bonds. The maximum Gasteiger partial charge on any atom is 0.130 e. The minimum Gasteiger partial charge on any atom is -0.333 e. The minimum atomic E-state index is 0.0760. The smallest absolute Gasteiger partial charge is 0.130 e. The molecule has 0 fully saturated rings. The molecule has 0 spiro atoms. The zero-order chi connectivity index (χ0) is 9.70. The van der Waals surface area contributed by atoms with Crippen molar-refractivity contribution in [1.82, 2.24) is 0 Å². The molecule has 68 valence electrons. The molecule has 0 saturated heterocycles. The lowest BCUT2D eigenvalue weighted by molar-refractivity contribution is -0.118. The Morgan fingerprint density at radius 3 is 1.82 bits per heavy atom. The van der Waals surface area contributed by atoms with E-state index < -0.39 is 0 Å². The van der Waals surface area contributed by atoms with Crippen LogP contribution in [0.2, 0.25) is 0 Å². The molecule has 0 aromatic rings. The lowest BCUT2D eigenvalue weighted by atomic mass is 10.3. The van der Waals surface area contributed by atoms with Crippen LogP contribution in [0.1, 0.15) is 33.6 Å². The maximum absolute atomic E-state index is 10.0. The second-order valence-electron chi connectivity index (χ2n) is 1.41. The number of hydrogen-bond acceptors (Lipinski definition) is 3. The van der Waals surface area contributed by atoms with E-state index in [0.29, 0.717) is 12.8 Å². The fraction of sp³-hybridized carbons (Fsp3) is 0.750. The van der Waals surface area contributed by atoms with Crippen LogP contribution in [0.3, 0.4) is 0 Å². The van der Waals surface area contributed by atoms with Gasteiger partial charge in [-0.2, -0.15) is 0 Å². The molecule has 0 saturated carbocycles. The molecule has 0 rings (SSSR count). The molecule has 11 heavy (non-hydrogen) atoms. The van der Waals surface area contributed by atoms with Gasteiger partial charge in [0.25, 0.3) is 0 Å². The first-order valence-electron chi connectivity index (χ1n) is 3.78. The van der Waals surface area contributed by atoms with Gasteiger partial charge in [0.1, 0.15) is 12.1 Å². The van der Waals surface area contributed by atoms with Crippen LogP contribution in [0.25, 0.3) is 0 Å². The van der Waals surface area contributed by atoms with Gasteiger partial charge in [-0.05, 0) is 14.0 Å². The first-order chi connectivity index (χ1) is 5.27. The second kappa shape index (κ2) is 22.8. The van der Waals surface area contributed by atoms with Crippen LogP contribution >= 0.6 is 0 Å². The van der Waals surface area contributed by atoms with Crippen molar-refractivity contribution < 1.29 is 9.59 Å². The number of aldehydes is 1. The summed E-state index contributed by atoms with van der Waals surface area (Å²) in [5.74, 6) is 0.0760. The van der Waals surface area contributed by atoms with Crippen LogP contribution in [0.5, 0.6) is 0 Å². The van der Waals surface area contributed by atoms with Gasteiger partial charge in [0.2, 0.25) is 0 Å². The lowest BCUT2D eigenvalue weighted by Gasteiger charge is -1.80. The number of Topliss-reactive ketones (excluding diaryl/α,β-unsaturated/α-hetero) is 1. The second-order valence-corrected chi connectivity index (χ2v) is 1.41. The van der Waals surface area contributed by atoms with Gasteiger partial charge in [-0.15, -0.1) is 0 Å². The zero-order valence-electron chi connectivity index (χ0n) is 7.89. The van der Waals surface area contributed by atoms with E-state index in [2.05, 4.69) is 5.73 Å². The summed E-state index contributed by atoms with van der Waals surface area (Å²) < 4.78 is 0. The molecule has 0 aliphatic rings. The Labute approximate surface area is 69.0 Å². The molecule has 0 aromatic heterocycles. The number of hydrogen-bond donors (Lipinski definition) is 1. The first kappa shape index (κ1) is 16.7. The summed E-state index contributed by atoms with van der Waals surface area (Å²) >= 11 is 0. The zero-order valence-corrected chi connectivity index (χ0v) is 7.89. The van der Waals surface area contributed by atoms with Crippen molar-refractivity contribution in [2.75, 3.05) is 7.05 Å². The summed E-state index contributed by atoms with van der Waals surface area (Å²) in [7, 11) is 1.50. The van der Waals surface area contributed by atoms with Gasteiger partial charge >= 0.3 is 0 Å². The molecular weight excluding hydrogens is 142 g/mol. The summed E-state index contributed by atoms with van der Waals surface area (Å²) in [5, 5.41) is 0. The quantitative estimate of drug-likeness (QED) is 0.632. The van der Waals surface area contributed by atoms with E-state index in [4.69, 9.17) is 0 Å². The number of nitrogens with two attached hydrogens (primary N) is 1. The van der Waals surface area contributed by atoms with Gasteiger partial charge in [-0.1, -0.05) is 13.8 Å². The average Bonchev–Trinajstić information content (AvgIpc) is 2.08. The van der Waals surface area contributed by atoms with Crippen LogP contribution in [-0.2, 0) is 9.59 Å². The standard InChI is InChI=1S/C5H8O2.C2H6.CH5N/c1-5(7)3-2-4-6;2*1-2/h4H,2-3H2,1H3;1-2H3;2H2,1H3. The van der Waals surface area contributed by atoms with Crippen molar-refractivity contribution in [3.8, 4) is 0 Å².